The minimum Gasteiger partial charge on any atom is -0.143 e. The van der Waals surface area contributed by atoms with Crippen molar-refractivity contribution < 1.29 is 0 Å². The maximum Gasteiger partial charge on any atom is 0.0933 e. The summed E-state index contributed by atoms with van der Waals surface area (Å²) in [5.74, 6) is 0. The summed E-state index contributed by atoms with van der Waals surface area (Å²) in [7, 11) is 0. The minimum absolute atomic E-state index is 0.0155. The van der Waals surface area contributed by atoms with Gasteiger partial charge in [-0.25, -0.2) is 0 Å². The smallest absolute Gasteiger partial charge is 0.0933 e. The van der Waals surface area contributed by atoms with Crippen LogP contribution in [0.2, 0.25) is 0 Å². The fourth-order valence-corrected chi connectivity index (χ4v) is 4.34. The maximum atomic E-state index is 6.89. The Hall–Kier alpha value is -0.790. The third kappa shape index (κ3) is 3.35. The van der Waals surface area contributed by atoms with Crippen molar-refractivity contribution in [3.8, 4) is 0 Å². The molecule has 0 nitrogen and oxygen atoms in total. The van der Waals surface area contributed by atoms with E-state index in [1.165, 1.54) is 37.6 Å². The number of halogens is 1. The Morgan fingerprint density at radius 3 is 1.90 bits per heavy atom. The summed E-state index contributed by atoms with van der Waals surface area (Å²) in [5.41, 5.74) is 6.95. The molecule has 2 rings (SSSR count). The number of rotatable bonds is 5. The van der Waals surface area contributed by atoms with Gasteiger partial charge in [0, 0.05) is 9.75 Å². The fourth-order valence-electron chi connectivity index (χ4n) is 2.83. The lowest BCUT2D eigenvalue weighted by Gasteiger charge is -2.19. The summed E-state index contributed by atoms with van der Waals surface area (Å²) in [6.07, 6.45) is 3.18. The molecule has 1 aromatic heterocycles. The molecule has 0 spiro atoms. The predicted octanol–water partition coefficient (Wildman–Crippen LogP) is 6.38. The molecule has 0 N–H and O–H groups in total. The lowest BCUT2D eigenvalue weighted by molar-refractivity contribution is 0.971. The third-order valence-electron chi connectivity index (χ3n) is 4.27. The zero-order chi connectivity index (χ0) is 15.6. The largest absolute Gasteiger partial charge is 0.143 e. The van der Waals surface area contributed by atoms with Gasteiger partial charge in [-0.3, -0.25) is 0 Å². The second kappa shape index (κ2) is 6.98. The number of aryl methyl sites for hydroxylation is 5. The summed E-state index contributed by atoms with van der Waals surface area (Å²) < 4.78 is 0. The normalized spacial score (nSPS) is 12.7. The summed E-state index contributed by atoms with van der Waals surface area (Å²) >= 11 is 8.72. The number of benzene rings is 1. The van der Waals surface area contributed by atoms with Gasteiger partial charge in [-0.15, -0.1) is 22.9 Å². The Bertz CT molecular complexity index is 580. The molecule has 0 saturated carbocycles. The Kier molecular flexibility index (Phi) is 5.51. The van der Waals surface area contributed by atoms with Crippen molar-refractivity contribution in [2.24, 2.45) is 0 Å². The standard InChI is InChI=1S/C19H25ClS/c1-6-14-10-15(7-2)18(16(8-3)11-14)19(20)17-9-12(4)13(5)21-17/h9-11,19H,6-8H2,1-5H3. The first-order chi connectivity index (χ1) is 10.0. The van der Waals surface area contributed by atoms with Crippen LogP contribution in [0.1, 0.15) is 63.7 Å². The highest BCUT2D eigenvalue weighted by molar-refractivity contribution is 7.12. The maximum absolute atomic E-state index is 6.89. The van der Waals surface area contributed by atoms with E-state index in [4.69, 9.17) is 11.6 Å². The Balaban J connectivity index is 2.55. The van der Waals surface area contributed by atoms with Gasteiger partial charge in [0.2, 0.25) is 0 Å². The average Bonchev–Trinajstić information content (AvgIpc) is 2.84. The van der Waals surface area contributed by atoms with Crippen molar-refractivity contribution in [2.45, 2.75) is 59.3 Å². The molecule has 2 heteroatoms. The van der Waals surface area contributed by atoms with Gasteiger partial charge >= 0.3 is 0 Å². The van der Waals surface area contributed by atoms with E-state index >= 15 is 0 Å². The van der Waals surface area contributed by atoms with Gasteiger partial charge in [-0.05, 0) is 67.0 Å². The molecule has 114 valence electrons. The molecule has 1 unspecified atom stereocenters. The van der Waals surface area contributed by atoms with Crippen LogP contribution in [0.3, 0.4) is 0 Å². The lowest BCUT2D eigenvalue weighted by Crippen LogP contribution is -2.04. The molecule has 2 aromatic rings. The number of hydrogen-bond acceptors (Lipinski definition) is 1. The van der Waals surface area contributed by atoms with Crippen LogP contribution < -0.4 is 0 Å². The van der Waals surface area contributed by atoms with Crippen LogP contribution >= 0.6 is 22.9 Å². The van der Waals surface area contributed by atoms with Crippen LogP contribution in [0.5, 0.6) is 0 Å². The summed E-state index contributed by atoms with van der Waals surface area (Å²) in [6, 6.07) is 6.94. The van der Waals surface area contributed by atoms with Gasteiger partial charge in [0.15, 0.2) is 0 Å². The average molecular weight is 321 g/mol. The van der Waals surface area contributed by atoms with Crippen molar-refractivity contribution in [1.29, 1.82) is 0 Å². The quantitative estimate of drug-likeness (QED) is 0.561. The van der Waals surface area contributed by atoms with E-state index in [0.717, 1.165) is 19.3 Å². The first kappa shape index (κ1) is 16.6. The Labute approximate surface area is 138 Å². The van der Waals surface area contributed by atoms with Crippen LogP contribution in [0.4, 0.5) is 0 Å². The van der Waals surface area contributed by atoms with Crippen LogP contribution in [-0.2, 0) is 19.3 Å². The predicted molar refractivity (Wildman–Crippen MR) is 96.1 cm³/mol. The summed E-state index contributed by atoms with van der Waals surface area (Å²) in [6.45, 7) is 11.0. The van der Waals surface area contributed by atoms with Gasteiger partial charge in [0.05, 0.1) is 5.38 Å². The van der Waals surface area contributed by atoms with E-state index in [1.807, 2.05) is 11.3 Å². The molecule has 0 aliphatic heterocycles. The number of alkyl halides is 1. The molecule has 1 aromatic carbocycles. The van der Waals surface area contributed by atoms with Crippen LogP contribution in [0.15, 0.2) is 18.2 Å². The zero-order valence-corrected chi connectivity index (χ0v) is 15.3. The zero-order valence-electron chi connectivity index (χ0n) is 13.7. The fraction of sp³-hybridized carbons (Fsp3) is 0.474. The molecule has 1 heterocycles. The minimum atomic E-state index is -0.0155. The lowest BCUT2D eigenvalue weighted by atomic mass is 9.91. The van der Waals surface area contributed by atoms with Crippen LogP contribution in [-0.4, -0.2) is 0 Å². The van der Waals surface area contributed by atoms with E-state index < -0.39 is 0 Å². The van der Waals surface area contributed by atoms with Gasteiger partial charge in [-0.2, -0.15) is 0 Å². The SMILES string of the molecule is CCc1cc(CC)c(C(Cl)c2cc(C)c(C)s2)c(CC)c1. The molecule has 0 fully saturated rings. The Morgan fingerprint density at radius 1 is 0.952 bits per heavy atom. The van der Waals surface area contributed by atoms with E-state index in [1.54, 1.807) is 0 Å². The molecule has 1 atom stereocenters. The first-order valence-electron chi connectivity index (χ1n) is 7.87. The monoisotopic (exact) mass is 320 g/mol. The number of thiophene rings is 1. The van der Waals surface area contributed by atoms with E-state index in [2.05, 4.69) is 52.8 Å². The van der Waals surface area contributed by atoms with Crippen LogP contribution in [0, 0.1) is 13.8 Å². The highest BCUT2D eigenvalue weighted by atomic mass is 35.5. The highest BCUT2D eigenvalue weighted by Gasteiger charge is 2.20. The molecular weight excluding hydrogens is 296 g/mol. The summed E-state index contributed by atoms with van der Waals surface area (Å²) in [5, 5.41) is -0.0155. The van der Waals surface area contributed by atoms with Gasteiger partial charge in [0.25, 0.3) is 0 Å². The second-order valence-corrected chi connectivity index (χ2v) is 7.36. The molecular formula is C19H25ClS. The van der Waals surface area contributed by atoms with Gasteiger partial charge in [-0.1, -0.05) is 32.9 Å². The van der Waals surface area contributed by atoms with E-state index in [0.29, 0.717) is 0 Å². The van der Waals surface area contributed by atoms with E-state index in [9.17, 15) is 0 Å². The third-order valence-corrected chi connectivity index (χ3v) is 6.07. The van der Waals surface area contributed by atoms with Crippen LogP contribution in [0.25, 0.3) is 0 Å². The second-order valence-electron chi connectivity index (χ2n) is 5.64. The molecule has 0 aliphatic rings. The molecule has 0 aliphatic carbocycles. The van der Waals surface area contributed by atoms with Crippen molar-refractivity contribution >= 4 is 22.9 Å². The molecule has 0 radical (unpaired) electrons. The van der Waals surface area contributed by atoms with Crippen molar-refractivity contribution in [3.63, 3.8) is 0 Å². The molecule has 0 saturated heterocycles. The van der Waals surface area contributed by atoms with Crippen molar-refractivity contribution in [1.82, 2.24) is 0 Å². The van der Waals surface area contributed by atoms with Crippen molar-refractivity contribution in [3.05, 3.63) is 55.8 Å². The highest BCUT2D eigenvalue weighted by Crippen LogP contribution is 2.39. The topological polar surface area (TPSA) is 0 Å². The molecule has 0 bridgehead atoms. The van der Waals surface area contributed by atoms with E-state index in [-0.39, 0.29) is 5.38 Å². The summed E-state index contributed by atoms with van der Waals surface area (Å²) in [4.78, 5) is 2.65. The first-order valence-corrected chi connectivity index (χ1v) is 9.12. The molecule has 0 amide bonds. The van der Waals surface area contributed by atoms with Gasteiger partial charge < -0.3 is 0 Å². The van der Waals surface area contributed by atoms with Crippen molar-refractivity contribution in [2.75, 3.05) is 0 Å². The molecule has 21 heavy (non-hydrogen) atoms. The number of hydrogen-bond donors (Lipinski definition) is 0. The Morgan fingerprint density at radius 2 is 1.52 bits per heavy atom. The van der Waals surface area contributed by atoms with Gasteiger partial charge in [0.1, 0.15) is 0 Å².